The molecule has 0 unspecified atom stereocenters. The first-order chi connectivity index (χ1) is 20.9. The van der Waals surface area contributed by atoms with Gasteiger partial charge in [0.05, 0.1) is 22.0 Å². The van der Waals surface area contributed by atoms with E-state index < -0.39 is 4.92 Å². The first-order valence-electron chi connectivity index (χ1n) is 13.4. The predicted octanol–water partition coefficient (Wildman–Crippen LogP) is 7.56. The van der Waals surface area contributed by atoms with Crippen LogP contribution in [0.15, 0.2) is 111 Å². The van der Waals surface area contributed by atoms with Crippen molar-refractivity contribution in [2.24, 2.45) is 5.10 Å². The Morgan fingerprint density at radius 1 is 0.977 bits per heavy atom. The normalized spacial score (nSPS) is 11.8. The molecule has 0 saturated heterocycles. The zero-order chi connectivity index (χ0) is 29.7. The lowest BCUT2D eigenvalue weighted by atomic mass is 10.1. The predicted molar refractivity (Wildman–Crippen MR) is 168 cm³/mol. The lowest BCUT2D eigenvalue weighted by Gasteiger charge is -2.09. The Kier molecular flexibility index (Phi) is 6.36. The van der Waals surface area contributed by atoms with Gasteiger partial charge in [-0.05, 0) is 55.0 Å². The summed E-state index contributed by atoms with van der Waals surface area (Å²) in [6.07, 6.45) is 1.67. The van der Waals surface area contributed by atoms with Crippen LogP contribution in [-0.4, -0.2) is 25.4 Å². The van der Waals surface area contributed by atoms with Gasteiger partial charge in [-0.3, -0.25) is 14.9 Å². The molecule has 7 rings (SSSR count). The molecular weight excluding hydrogens is 566 g/mol. The van der Waals surface area contributed by atoms with Gasteiger partial charge >= 0.3 is 0 Å². The fourth-order valence-electron chi connectivity index (χ4n) is 5.36. The molecule has 0 radical (unpaired) electrons. The standard InChI is InChI=1S/C33H22ClN5O4/c1-20-27(25-6-3-5-9-29(25)37(20)19-21-10-13-24(14-11-21)39(41)42)18-35-38-32(36-28-8-4-2-7-26(28)33(38)40)31-17-22-16-23(34)12-15-30(22)43-31/h2-18H,19H2,1H3. The van der Waals surface area contributed by atoms with E-state index in [0.717, 1.165) is 33.1 Å². The van der Waals surface area contributed by atoms with Gasteiger partial charge in [0, 0.05) is 51.2 Å². The van der Waals surface area contributed by atoms with Crippen molar-refractivity contribution in [2.45, 2.75) is 13.5 Å². The van der Waals surface area contributed by atoms with Crippen LogP contribution in [0.25, 0.3) is 44.4 Å². The van der Waals surface area contributed by atoms with Gasteiger partial charge in [-0.2, -0.15) is 9.78 Å². The van der Waals surface area contributed by atoms with Crippen molar-refractivity contribution in [3.63, 3.8) is 0 Å². The topological polar surface area (TPSA) is 108 Å². The molecule has 0 fully saturated rings. The molecule has 9 nitrogen and oxygen atoms in total. The summed E-state index contributed by atoms with van der Waals surface area (Å²) in [5, 5.41) is 18.5. The van der Waals surface area contributed by atoms with Crippen molar-refractivity contribution in [3.05, 3.63) is 139 Å². The second-order valence-electron chi connectivity index (χ2n) is 10.1. The van der Waals surface area contributed by atoms with Crippen molar-refractivity contribution in [1.82, 2.24) is 14.2 Å². The molecule has 7 aromatic rings. The number of benzene rings is 4. The average molecular weight is 588 g/mol. The molecule has 43 heavy (non-hydrogen) atoms. The molecule has 10 heteroatoms. The van der Waals surface area contributed by atoms with Crippen molar-refractivity contribution in [1.29, 1.82) is 0 Å². The van der Waals surface area contributed by atoms with E-state index in [1.54, 1.807) is 60.8 Å². The molecule has 3 heterocycles. The van der Waals surface area contributed by atoms with E-state index in [4.69, 9.17) is 26.1 Å². The smallest absolute Gasteiger partial charge is 0.282 e. The molecule has 210 valence electrons. The number of nitro benzene ring substituents is 1. The number of furan rings is 1. The summed E-state index contributed by atoms with van der Waals surface area (Å²) in [5.41, 5.74) is 4.50. The van der Waals surface area contributed by atoms with Gasteiger partial charge in [-0.25, -0.2) is 4.98 Å². The van der Waals surface area contributed by atoms with Crippen LogP contribution >= 0.6 is 11.6 Å². The monoisotopic (exact) mass is 587 g/mol. The maximum atomic E-state index is 13.8. The molecule has 0 bridgehead atoms. The van der Waals surface area contributed by atoms with Crippen molar-refractivity contribution in [2.75, 3.05) is 0 Å². The zero-order valence-electron chi connectivity index (χ0n) is 22.8. The van der Waals surface area contributed by atoms with Crippen LogP contribution in [0.1, 0.15) is 16.8 Å². The van der Waals surface area contributed by atoms with E-state index in [1.165, 1.54) is 16.8 Å². The number of hydrogen-bond donors (Lipinski definition) is 0. The molecule has 0 amide bonds. The first-order valence-corrected chi connectivity index (χ1v) is 13.8. The average Bonchev–Trinajstić information content (AvgIpc) is 3.55. The molecule has 0 saturated carbocycles. The van der Waals surface area contributed by atoms with Gasteiger partial charge in [-0.15, -0.1) is 0 Å². The Labute approximate surface area is 249 Å². The lowest BCUT2D eigenvalue weighted by Crippen LogP contribution is -2.20. The Hall–Kier alpha value is -5.54. The quantitative estimate of drug-likeness (QED) is 0.113. The molecule has 4 aromatic carbocycles. The first kappa shape index (κ1) is 26.4. The van der Waals surface area contributed by atoms with Gasteiger partial charge in [0.1, 0.15) is 5.58 Å². The van der Waals surface area contributed by atoms with Crippen molar-refractivity contribution in [3.8, 4) is 11.6 Å². The van der Waals surface area contributed by atoms with E-state index in [-0.39, 0.29) is 17.1 Å². The Balaban J connectivity index is 1.37. The Bertz CT molecular complexity index is 2300. The maximum absolute atomic E-state index is 13.8. The molecule has 0 aliphatic rings. The molecule has 0 aliphatic carbocycles. The largest absolute Gasteiger partial charge is 0.453 e. The number of nitrogens with zero attached hydrogens (tertiary/aromatic N) is 5. The van der Waals surface area contributed by atoms with Gasteiger partial charge in [-0.1, -0.05) is 54.1 Å². The van der Waals surface area contributed by atoms with Crippen molar-refractivity contribution < 1.29 is 9.34 Å². The molecule has 0 aliphatic heterocycles. The lowest BCUT2D eigenvalue weighted by molar-refractivity contribution is -0.384. The highest BCUT2D eigenvalue weighted by molar-refractivity contribution is 6.31. The number of hydrogen-bond acceptors (Lipinski definition) is 6. The summed E-state index contributed by atoms with van der Waals surface area (Å²) in [4.78, 5) is 29.2. The third-order valence-electron chi connectivity index (χ3n) is 7.52. The molecule has 0 N–H and O–H groups in total. The van der Waals surface area contributed by atoms with E-state index in [2.05, 4.69) is 4.57 Å². The number of para-hydroxylation sites is 2. The van der Waals surface area contributed by atoms with E-state index >= 15 is 0 Å². The number of aromatic nitrogens is 3. The van der Waals surface area contributed by atoms with Crippen molar-refractivity contribution >= 4 is 56.3 Å². The summed E-state index contributed by atoms with van der Waals surface area (Å²) in [7, 11) is 0. The van der Waals surface area contributed by atoms with Crippen LogP contribution in [-0.2, 0) is 6.54 Å². The van der Waals surface area contributed by atoms with Gasteiger partial charge < -0.3 is 8.98 Å². The van der Waals surface area contributed by atoms with Gasteiger partial charge in [0.15, 0.2) is 5.76 Å². The van der Waals surface area contributed by atoms with Crippen LogP contribution < -0.4 is 5.56 Å². The highest BCUT2D eigenvalue weighted by Gasteiger charge is 2.18. The maximum Gasteiger partial charge on any atom is 0.282 e. The molecule has 0 atom stereocenters. The zero-order valence-corrected chi connectivity index (χ0v) is 23.5. The summed E-state index contributed by atoms with van der Waals surface area (Å²) in [6.45, 7) is 2.49. The third-order valence-corrected chi connectivity index (χ3v) is 7.76. The number of fused-ring (bicyclic) bond motifs is 3. The third kappa shape index (κ3) is 4.65. The van der Waals surface area contributed by atoms with Gasteiger partial charge in [0.2, 0.25) is 5.82 Å². The number of halogens is 1. The number of nitro groups is 1. The SMILES string of the molecule is Cc1c(C=Nn2c(-c3cc4cc(Cl)ccc4o3)nc3ccccc3c2=O)c2ccccc2n1Cc1ccc([N+](=O)[O-])cc1. The van der Waals surface area contributed by atoms with Crippen LogP contribution in [0.5, 0.6) is 0 Å². The minimum Gasteiger partial charge on any atom is -0.453 e. The van der Waals surface area contributed by atoms with Gasteiger partial charge in [0.25, 0.3) is 11.2 Å². The fraction of sp³-hybridized carbons (Fsp3) is 0.0606. The van der Waals surface area contributed by atoms with E-state index in [0.29, 0.717) is 33.8 Å². The number of rotatable bonds is 6. The number of non-ortho nitro benzene ring substituents is 1. The van der Waals surface area contributed by atoms with Crippen LogP contribution in [0, 0.1) is 17.0 Å². The molecule has 0 spiro atoms. The second kappa shape index (κ2) is 10.4. The highest BCUT2D eigenvalue weighted by Crippen LogP contribution is 2.30. The summed E-state index contributed by atoms with van der Waals surface area (Å²) in [5.74, 6) is 0.647. The Morgan fingerprint density at radius 3 is 2.51 bits per heavy atom. The second-order valence-corrected chi connectivity index (χ2v) is 10.6. The minimum absolute atomic E-state index is 0.0449. The highest BCUT2D eigenvalue weighted by atomic mass is 35.5. The molecule has 3 aromatic heterocycles. The summed E-state index contributed by atoms with van der Waals surface area (Å²) in [6, 6.07) is 28.7. The summed E-state index contributed by atoms with van der Waals surface area (Å²) < 4.78 is 9.49. The van der Waals surface area contributed by atoms with Crippen LogP contribution in [0.2, 0.25) is 5.02 Å². The molecular formula is C33H22ClN5O4. The van der Waals surface area contributed by atoms with Crippen LogP contribution in [0.4, 0.5) is 5.69 Å². The van der Waals surface area contributed by atoms with Crippen LogP contribution in [0.3, 0.4) is 0 Å². The summed E-state index contributed by atoms with van der Waals surface area (Å²) >= 11 is 6.20. The van der Waals surface area contributed by atoms with E-state index in [1.807, 2.05) is 37.3 Å². The fourth-order valence-corrected chi connectivity index (χ4v) is 5.54. The minimum atomic E-state index is -0.410. The van der Waals surface area contributed by atoms with E-state index in [9.17, 15) is 14.9 Å². The Morgan fingerprint density at radius 2 is 1.72 bits per heavy atom.